The maximum absolute atomic E-state index is 12.9. The van der Waals surface area contributed by atoms with Crippen LogP contribution in [0.25, 0.3) is 32.4 Å². The van der Waals surface area contributed by atoms with E-state index >= 15 is 0 Å². The summed E-state index contributed by atoms with van der Waals surface area (Å²) < 4.78 is 2.37. The van der Waals surface area contributed by atoms with Crippen LogP contribution >= 0.6 is 11.3 Å². The number of nitrogens with one attached hydrogen (secondary N) is 2. The number of thiophene rings is 1. The number of nitrogens with zero attached hydrogens (tertiary/aromatic N) is 4. The van der Waals surface area contributed by atoms with E-state index in [4.69, 9.17) is 4.98 Å². The van der Waals surface area contributed by atoms with Gasteiger partial charge in [0.25, 0.3) is 5.56 Å². The Morgan fingerprint density at radius 3 is 2.88 bits per heavy atom. The Morgan fingerprint density at radius 1 is 1.06 bits per heavy atom. The monoisotopic (exact) mass is 460 g/mol. The maximum Gasteiger partial charge on any atom is 0.261 e. The molecule has 2 unspecified atom stereocenters. The normalized spacial score (nSPS) is 23.7. The summed E-state index contributed by atoms with van der Waals surface area (Å²) in [5.41, 5.74) is 4.08. The third-order valence-corrected chi connectivity index (χ3v) is 9.26. The lowest BCUT2D eigenvalue weighted by atomic mass is 9.95. The zero-order chi connectivity index (χ0) is 21.9. The third-order valence-electron chi connectivity index (χ3n) is 7.99. The molecule has 3 aromatic heterocycles. The Bertz CT molecular complexity index is 1400. The number of aromatic nitrogens is 4. The minimum Gasteiger partial charge on any atom is -0.358 e. The van der Waals surface area contributed by atoms with Crippen LogP contribution in [0, 0.1) is 5.92 Å². The summed E-state index contributed by atoms with van der Waals surface area (Å²) in [6.07, 6.45) is 11.2. The van der Waals surface area contributed by atoms with Crippen LogP contribution in [0.2, 0.25) is 0 Å². The Morgan fingerprint density at radius 2 is 1.97 bits per heavy atom. The number of hydrogen-bond acceptors (Lipinski definition) is 6. The first-order valence-corrected chi connectivity index (χ1v) is 13.0. The summed E-state index contributed by atoms with van der Waals surface area (Å²) in [4.78, 5) is 28.7. The van der Waals surface area contributed by atoms with Crippen LogP contribution in [0.3, 0.4) is 0 Å². The number of hydrogen-bond donors (Lipinski definition) is 2. The molecule has 1 saturated carbocycles. The minimum absolute atomic E-state index is 0.0467. The van der Waals surface area contributed by atoms with Crippen molar-refractivity contribution < 1.29 is 0 Å². The van der Waals surface area contributed by atoms with E-state index in [1.54, 1.807) is 11.3 Å². The minimum atomic E-state index is -0.0467. The summed E-state index contributed by atoms with van der Waals surface area (Å²) in [5.74, 6) is 0.668. The molecule has 2 aliphatic heterocycles. The summed E-state index contributed by atoms with van der Waals surface area (Å²) in [7, 11) is 0. The Hall–Kier alpha value is -2.71. The van der Waals surface area contributed by atoms with Crippen LogP contribution in [-0.4, -0.2) is 45.2 Å². The van der Waals surface area contributed by atoms with Gasteiger partial charge in [0.1, 0.15) is 10.4 Å². The lowest BCUT2D eigenvalue weighted by Gasteiger charge is -2.24. The van der Waals surface area contributed by atoms with Crippen molar-refractivity contribution >= 4 is 38.3 Å². The van der Waals surface area contributed by atoms with Crippen molar-refractivity contribution in [2.45, 2.75) is 50.6 Å². The maximum atomic E-state index is 12.9. The van der Waals surface area contributed by atoms with Gasteiger partial charge in [-0.05, 0) is 42.9 Å². The van der Waals surface area contributed by atoms with Gasteiger partial charge in [-0.1, -0.05) is 25.3 Å². The van der Waals surface area contributed by atoms with Crippen molar-refractivity contribution in [2.75, 3.05) is 24.5 Å². The number of aromatic amines is 1. The number of rotatable bonds is 3. The third kappa shape index (κ3) is 3.07. The van der Waals surface area contributed by atoms with Crippen LogP contribution in [-0.2, 0) is 0 Å². The van der Waals surface area contributed by atoms with Gasteiger partial charge in [0.2, 0.25) is 0 Å². The SMILES string of the molecule is O=c1[nH]cnc2c(-c3ccc4c(c3)ncn4C3CCCCC3)sc(N3CCC4CNCC43)c12. The lowest BCUT2D eigenvalue weighted by Crippen LogP contribution is -2.34. The molecule has 8 heteroatoms. The van der Waals surface area contributed by atoms with Gasteiger partial charge < -0.3 is 19.8 Å². The Kier molecular flexibility index (Phi) is 4.59. The van der Waals surface area contributed by atoms with Crippen LogP contribution in [0.5, 0.6) is 0 Å². The molecule has 2 N–H and O–H groups in total. The molecule has 1 aromatic carbocycles. The Labute approximate surface area is 195 Å². The summed E-state index contributed by atoms with van der Waals surface area (Å²) in [6.45, 7) is 3.07. The molecular weight excluding hydrogens is 432 g/mol. The number of H-pyrrole nitrogens is 1. The van der Waals surface area contributed by atoms with E-state index in [0.717, 1.165) is 51.5 Å². The molecule has 33 heavy (non-hydrogen) atoms. The molecule has 2 atom stereocenters. The van der Waals surface area contributed by atoms with Crippen molar-refractivity contribution in [1.82, 2.24) is 24.8 Å². The smallest absolute Gasteiger partial charge is 0.261 e. The van der Waals surface area contributed by atoms with Gasteiger partial charge in [-0.2, -0.15) is 0 Å². The average Bonchev–Trinajstić information content (AvgIpc) is 3.61. The number of anilines is 1. The van der Waals surface area contributed by atoms with Gasteiger partial charge in [-0.25, -0.2) is 9.97 Å². The quantitative estimate of drug-likeness (QED) is 0.476. The Balaban J connectivity index is 1.34. The first-order chi connectivity index (χ1) is 16.3. The number of benzene rings is 1. The lowest BCUT2D eigenvalue weighted by molar-refractivity contribution is 0.359. The average molecular weight is 461 g/mol. The summed E-state index contributed by atoms with van der Waals surface area (Å²) in [5, 5.41) is 5.33. The molecule has 0 radical (unpaired) electrons. The highest BCUT2D eigenvalue weighted by Crippen LogP contribution is 2.45. The van der Waals surface area contributed by atoms with Crippen LogP contribution < -0.4 is 15.8 Å². The van der Waals surface area contributed by atoms with E-state index in [1.807, 2.05) is 6.33 Å². The molecule has 2 saturated heterocycles. The van der Waals surface area contributed by atoms with Crippen molar-refractivity contribution in [3.63, 3.8) is 0 Å². The molecule has 7 rings (SSSR count). The second-order valence-corrected chi connectivity index (χ2v) is 10.8. The van der Waals surface area contributed by atoms with Crippen LogP contribution in [0.1, 0.15) is 44.6 Å². The molecule has 0 bridgehead atoms. The molecule has 7 nitrogen and oxygen atoms in total. The first kappa shape index (κ1) is 19.7. The van der Waals surface area contributed by atoms with Gasteiger partial charge in [-0.3, -0.25) is 4.79 Å². The van der Waals surface area contributed by atoms with E-state index in [1.165, 1.54) is 50.4 Å². The molecule has 4 aromatic rings. The highest BCUT2D eigenvalue weighted by Gasteiger charge is 2.39. The van der Waals surface area contributed by atoms with E-state index in [2.05, 4.69) is 43.0 Å². The highest BCUT2D eigenvalue weighted by molar-refractivity contribution is 7.21. The van der Waals surface area contributed by atoms with Gasteiger partial charge in [0, 0.05) is 31.7 Å². The van der Waals surface area contributed by atoms with Crippen molar-refractivity contribution in [3.8, 4) is 10.4 Å². The summed E-state index contributed by atoms with van der Waals surface area (Å²) >= 11 is 1.71. The molecular formula is C25H28N6OS. The van der Waals surface area contributed by atoms with E-state index in [0.29, 0.717) is 18.0 Å². The predicted molar refractivity (Wildman–Crippen MR) is 133 cm³/mol. The molecule has 0 amide bonds. The fourth-order valence-electron chi connectivity index (χ4n) is 6.29. The zero-order valence-corrected chi connectivity index (χ0v) is 19.4. The molecule has 3 aliphatic rings. The van der Waals surface area contributed by atoms with Crippen molar-refractivity contribution in [1.29, 1.82) is 0 Å². The van der Waals surface area contributed by atoms with Crippen LogP contribution in [0.15, 0.2) is 35.6 Å². The van der Waals surface area contributed by atoms with E-state index < -0.39 is 0 Å². The number of fused-ring (bicyclic) bond motifs is 3. The fourth-order valence-corrected chi connectivity index (χ4v) is 7.61. The molecule has 3 fully saturated rings. The summed E-state index contributed by atoms with van der Waals surface area (Å²) in [6, 6.07) is 7.60. The fraction of sp³-hybridized carbons (Fsp3) is 0.480. The second-order valence-electron chi connectivity index (χ2n) is 9.81. The van der Waals surface area contributed by atoms with E-state index in [9.17, 15) is 4.79 Å². The molecule has 1 aliphatic carbocycles. The zero-order valence-electron chi connectivity index (χ0n) is 18.6. The molecule has 170 valence electrons. The van der Waals surface area contributed by atoms with Crippen molar-refractivity contribution in [3.05, 3.63) is 41.2 Å². The van der Waals surface area contributed by atoms with Gasteiger partial charge in [0.05, 0.1) is 34.1 Å². The largest absolute Gasteiger partial charge is 0.358 e. The van der Waals surface area contributed by atoms with Gasteiger partial charge in [0.15, 0.2) is 0 Å². The number of imidazole rings is 1. The molecule has 5 heterocycles. The second kappa shape index (κ2) is 7.67. The highest BCUT2D eigenvalue weighted by atomic mass is 32.1. The van der Waals surface area contributed by atoms with Gasteiger partial charge >= 0.3 is 0 Å². The first-order valence-electron chi connectivity index (χ1n) is 12.2. The topological polar surface area (TPSA) is 78.8 Å². The van der Waals surface area contributed by atoms with Gasteiger partial charge in [-0.15, -0.1) is 11.3 Å². The standard InChI is InChI=1S/C25H28N6OS/c32-24-21-22(27-13-28-24)23(33-25(21)30-9-8-16-11-26-12-20(16)30)15-6-7-19-18(10-15)29-14-31(19)17-4-2-1-3-5-17/h6-7,10,13-14,16-17,20,26H,1-5,8-9,11-12H2,(H,27,28,32). The predicted octanol–water partition coefficient (Wildman–Crippen LogP) is 4.30. The van der Waals surface area contributed by atoms with Crippen LogP contribution in [0.4, 0.5) is 5.00 Å². The van der Waals surface area contributed by atoms with Crippen molar-refractivity contribution in [2.24, 2.45) is 5.92 Å². The molecule has 0 spiro atoms. The van der Waals surface area contributed by atoms with E-state index in [-0.39, 0.29) is 5.56 Å².